The molecule has 1 unspecified atom stereocenters. The number of amides is 2. The molecule has 4 heterocycles. The van der Waals surface area contributed by atoms with Crippen LogP contribution in [0.3, 0.4) is 0 Å². The van der Waals surface area contributed by atoms with Crippen molar-refractivity contribution < 1.29 is 14.0 Å². The maximum atomic E-state index is 12.6. The van der Waals surface area contributed by atoms with Crippen molar-refractivity contribution in [2.75, 3.05) is 12.4 Å². The average Bonchev–Trinajstić information content (AvgIpc) is 3.27. The second-order valence-electron chi connectivity index (χ2n) is 7.02. The molecule has 0 radical (unpaired) electrons. The monoisotopic (exact) mass is 405 g/mol. The molecule has 3 aromatic heterocycles. The zero-order chi connectivity index (χ0) is 21.3. The molecule has 0 aliphatic carbocycles. The zero-order valence-corrected chi connectivity index (χ0v) is 16.4. The highest BCUT2D eigenvalue weighted by Crippen LogP contribution is 2.32. The van der Waals surface area contributed by atoms with Crippen LogP contribution in [0, 0.1) is 0 Å². The molecule has 1 atom stereocenters. The normalized spacial score (nSPS) is 18.8. The lowest BCUT2D eigenvalue weighted by Crippen LogP contribution is -2.47. The Morgan fingerprint density at radius 2 is 2.10 bits per heavy atom. The third kappa shape index (κ3) is 3.62. The van der Waals surface area contributed by atoms with E-state index in [-0.39, 0.29) is 24.0 Å². The number of anilines is 1. The van der Waals surface area contributed by atoms with Crippen LogP contribution in [-0.4, -0.2) is 44.7 Å². The predicted molar refractivity (Wildman–Crippen MR) is 108 cm³/mol. The van der Waals surface area contributed by atoms with E-state index in [0.717, 1.165) is 0 Å². The average molecular weight is 405 g/mol. The quantitative estimate of drug-likeness (QED) is 0.674. The first-order valence-corrected chi connectivity index (χ1v) is 9.11. The summed E-state index contributed by atoms with van der Waals surface area (Å²) in [7, 11) is 1.57. The molecule has 0 saturated carbocycles. The van der Waals surface area contributed by atoms with E-state index < -0.39 is 11.4 Å². The van der Waals surface area contributed by atoms with Crippen LogP contribution in [0.1, 0.15) is 29.5 Å². The van der Waals surface area contributed by atoms with Gasteiger partial charge in [0.2, 0.25) is 5.91 Å². The lowest BCUT2D eigenvalue weighted by atomic mass is 9.91. The number of guanidine groups is 1. The summed E-state index contributed by atoms with van der Waals surface area (Å²) < 4.78 is 5.26. The van der Waals surface area contributed by atoms with Gasteiger partial charge in [-0.15, -0.1) is 0 Å². The molecular weight excluding hydrogens is 386 g/mol. The van der Waals surface area contributed by atoms with Gasteiger partial charge in [-0.05, 0) is 31.2 Å². The second-order valence-corrected chi connectivity index (χ2v) is 7.02. The molecule has 0 bridgehead atoms. The van der Waals surface area contributed by atoms with E-state index in [0.29, 0.717) is 22.8 Å². The van der Waals surface area contributed by atoms with Gasteiger partial charge in [-0.2, -0.15) is 0 Å². The van der Waals surface area contributed by atoms with E-state index in [2.05, 4.69) is 25.3 Å². The largest absolute Gasteiger partial charge is 0.463 e. The highest BCUT2D eigenvalue weighted by atomic mass is 16.3. The lowest BCUT2D eigenvalue weighted by Gasteiger charge is -2.32. The fourth-order valence-electron chi connectivity index (χ4n) is 3.05. The molecule has 0 fully saturated rings. The van der Waals surface area contributed by atoms with Gasteiger partial charge in [0.15, 0.2) is 11.7 Å². The van der Waals surface area contributed by atoms with Crippen LogP contribution in [0.25, 0.3) is 11.5 Å². The molecule has 10 heteroatoms. The highest BCUT2D eigenvalue weighted by molar-refractivity contribution is 6.03. The van der Waals surface area contributed by atoms with E-state index in [9.17, 15) is 9.59 Å². The Hall–Kier alpha value is -4.08. The number of hydrogen-bond acceptors (Lipinski definition) is 8. The number of carbonyl (C=O) groups excluding carboxylic acids is 2. The first-order valence-electron chi connectivity index (χ1n) is 9.11. The van der Waals surface area contributed by atoms with Gasteiger partial charge in [0, 0.05) is 18.9 Å². The van der Waals surface area contributed by atoms with Crippen LogP contribution in [0.15, 0.2) is 58.5 Å². The van der Waals surface area contributed by atoms with Gasteiger partial charge in [0.25, 0.3) is 5.91 Å². The summed E-state index contributed by atoms with van der Waals surface area (Å²) >= 11 is 0. The van der Waals surface area contributed by atoms with Crippen LogP contribution in [-0.2, 0) is 10.3 Å². The number of nitrogens with two attached hydrogens (primary N) is 1. The first-order chi connectivity index (χ1) is 14.4. The molecule has 10 nitrogen and oxygen atoms in total. The topological polar surface area (TPSA) is 140 Å². The summed E-state index contributed by atoms with van der Waals surface area (Å²) in [4.78, 5) is 43.2. The Labute approximate surface area is 171 Å². The Morgan fingerprint density at radius 1 is 1.27 bits per heavy atom. The van der Waals surface area contributed by atoms with Crippen LogP contribution in [0.4, 0.5) is 5.69 Å². The minimum Gasteiger partial charge on any atom is -0.463 e. The summed E-state index contributed by atoms with van der Waals surface area (Å²) in [5, 5.41) is 2.76. The van der Waals surface area contributed by atoms with Gasteiger partial charge in [-0.25, -0.2) is 15.0 Å². The Kier molecular flexibility index (Phi) is 4.74. The Balaban J connectivity index is 1.53. The second kappa shape index (κ2) is 7.39. The summed E-state index contributed by atoms with van der Waals surface area (Å²) in [5.74, 6) is 0.0947. The standard InChI is InChI=1S/C20H19N7O3/c1-20(9-17(28)27(2)19(21)26-20)16-8-12(5-6-22-16)25-18(29)14-11-23-13(10-24-14)15-4-3-7-30-15/h3-8,10-11H,9H2,1-2H3,(H2,21,26)(H,22,25,29). The SMILES string of the molecule is CN1C(=O)CC(C)(c2cc(NC(=O)c3cnc(-c4ccco4)cn3)ccn2)N=C1N. The molecule has 0 aromatic carbocycles. The maximum absolute atomic E-state index is 12.6. The number of aliphatic imine (C=N–C) groups is 1. The lowest BCUT2D eigenvalue weighted by molar-refractivity contribution is -0.128. The van der Waals surface area contributed by atoms with Crippen molar-refractivity contribution >= 4 is 23.5 Å². The van der Waals surface area contributed by atoms with Crippen LogP contribution >= 0.6 is 0 Å². The van der Waals surface area contributed by atoms with Crippen molar-refractivity contribution in [3.63, 3.8) is 0 Å². The van der Waals surface area contributed by atoms with Gasteiger partial charge in [-0.1, -0.05) is 0 Å². The summed E-state index contributed by atoms with van der Waals surface area (Å²) in [6, 6.07) is 6.80. The Bertz CT molecular complexity index is 1130. The third-order valence-corrected chi connectivity index (χ3v) is 4.80. The fraction of sp³-hybridized carbons (Fsp3) is 0.200. The predicted octanol–water partition coefficient (Wildman–Crippen LogP) is 1.78. The first kappa shape index (κ1) is 19.2. The van der Waals surface area contributed by atoms with Crippen molar-refractivity contribution in [2.24, 2.45) is 10.7 Å². The van der Waals surface area contributed by atoms with E-state index in [4.69, 9.17) is 10.2 Å². The molecule has 1 aliphatic heterocycles. The molecule has 4 rings (SSSR count). The molecule has 0 spiro atoms. The van der Waals surface area contributed by atoms with Crippen molar-refractivity contribution in [1.82, 2.24) is 19.9 Å². The molecule has 3 N–H and O–H groups in total. The van der Waals surface area contributed by atoms with Gasteiger partial charge < -0.3 is 15.5 Å². The number of nitrogens with zero attached hydrogens (tertiary/aromatic N) is 5. The number of carbonyl (C=O) groups is 2. The maximum Gasteiger partial charge on any atom is 0.275 e. The fourth-order valence-corrected chi connectivity index (χ4v) is 3.05. The van der Waals surface area contributed by atoms with Crippen LogP contribution in [0.5, 0.6) is 0 Å². The molecule has 2 amide bonds. The summed E-state index contributed by atoms with van der Waals surface area (Å²) in [6.45, 7) is 1.78. The molecule has 152 valence electrons. The molecule has 30 heavy (non-hydrogen) atoms. The highest BCUT2D eigenvalue weighted by Gasteiger charge is 2.37. The van der Waals surface area contributed by atoms with E-state index >= 15 is 0 Å². The zero-order valence-electron chi connectivity index (χ0n) is 16.4. The van der Waals surface area contributed by atoms with Crippen molar-refractivity contribution in [3.8, 4) is 11.5 Å². The molecule has 0 saturated heterocycles. The van der Waals surface area contributed by atoms with E-state index in [1.807, 2.05) is 0 Å². The summed E-state index contributed by atoms with van der Waals surface area (Å²) in [6.07, 6.45) is 6.03. The smallest absolute Gasteiger partial charge is 0.275 e. The number of furan rings is 1. The number of nitrogens with one attached hydrogen (secondary N) is 1. The minimum absolute atomic E-state index is 0.119. The van der Waals surface area contributed by atoms with Gasteiger partial charge >= 0.3 is 0 Å². The molecule has 3 aromatic rings. The van der Waals surface area contributed by atoms with Crippen LogP contribution in [0.2, 0.25) is 0 Å². The number of pyridine rings is 1. The Morgan fingerprint density at radius 3 is 2.77 bits per heavy atom. The van der Waals surface area contributed by atoms with E-state index in [1.165, 1.54) is 29.8 Å². The van der Waals surface area contributed by atoms with Crippen molar-refractivity contribution in [3.05, 3.63) is 60.5 Å². The van der Waals surface area contributed by atoms with Crippen molar-refractivity contribution in [2.45, 2.75) is 18.9 Å². The molecule has 1 aliphatic rings. The number of aromatic nitrogens is 3. The van der Waals surface area contributed by atoms with Gasteiger partial charge in [0.1, 0.15) is 16.9 Å². The van der Waals surface area contributed by atoms with Gasteiger partial charge in [0.05, 0.1) is 30.8 Å². The van der Waals surface area contributed by atoms with Gasteiger partial charge in [-0.3, -0.25) is 19.5 Å². The van der Waals surface area contributed by atoms with Crippen LogP contribution < -0.4 is 11.1 Å². The number of rotatable bonds is 4. The molecular formula is C20H19N7O3. The van der Waals surface area contributed by atoms with E-state index in [1.54, 1.807) is 38.2 Å². The minimum atomic E-state index is -0.918. The summed E-state index contributed by atoms with van der Waals surface area (Å²) in [5.41, 5.74) is 6.62. The number of hydrogen-bond donors (Lipinski definition) is 2. The third-order valence-electron chi connectivity index (χ3n) is 4.80. The van der Waals surface area contributed by atoms with Crippen molar-refractivity contribution in [1.29, 1.82) is 0 Å².